The van der Waals surface area contributed by atoms with Crippen molar-refractivity contribution in [2.45, 2.75) is 45.1 Å². The summed E-state index contributed by atoms with van der Waals surface area (Å²) >= 11 is 0. The van der Waals surface area contributed by atoms with Crippen LogP contribution in [0.15, 0.2) is 0 Å². The fraction of sp³-hybridized carbons (Fsp3) is 1.00. The third-order valence-corrected chi connectivity index (χ3v) is 4.18. The van der Waals surface area contributed by atoms with Crippen molar-refractivity contribution in [1.29, 1.82) is 0 Å². The van der Waals surface area contributed by atoms with Crippen molar-refractivity contribution in [3.8, 4) is 0 Å². The van der Waals surface area contributed by atoms with Crippen molar-refractivity contribution < 1.29 is 0 Å². The smallest absolute Gasteiger partial charge is 0.0112 e. The SMILES string of the molecule is CC1CCCC(N2CCCN(C)CC2)C1. The average Bonchev–Trinajstić information content (AvgIpc) is 2.43. The summed E-state index contributed by atoms with van der Waals surface area (Å²) in [6, 6.07) is 0.903. The quantitative estimate of drug-likeness (QED) is 0.655. The monoisotopic (exact) mass is 210 g/mol. The van der Waals surface area contributed by atoms with Gasteiger partial charge in [-0.1, -0.05) is 19.8 Å². The molecule has 1 aliphatic heterocycles. The Morgan fingerprint density at radius 1 is 0.933 bits per heavy atom. The van der Waals surface area contributed by atoms with Crippen LogP contribution in [0.5, 0.6) is 0 Å². The highest BCUT2D eigenvalue weighted by Crippen LogP contribution is 2.27. The lowest BCUT2D eigenvalue weighted by Crippen LogP contribution is -2.40. The first-order valence-electron chi connectivity index (χ1n) is 6.68. The molecule has 15 heavy (non-hydrogen) atoms. The summed E-state index contributed by atoms with van der Waals surface area (Å²) in [5, 5.41) is 0. The normalized spacial score (nSPS) is 36.4. The third kappa shape index (κ3) is 3.18. The maximum atomic E-state index is 2.76. The minimum Gasteiger partial charge on any atom is -0.305 e. The van der Waals surface area contributed by atoms with Crippen LogP contribution in [-0.4, -0.2) is 49.1 Å². The molecule has 2 atom stereocenters. The second kappa shape index (κ2) is 5.31. The third-order valence-electron chi connectivity index (χ3n) is 4.18. The Morgan fingerprint density at radius 3 is 2.60 bits per heavy atom. The fourth-order valence-electron chi connectivity index (χ4n) is 3.17. The highest BCUT2D eigenvalue weighted by molar-refractivity contribution is 4.80. The van der Waals surface area contributed by atoms with Crippen LogP contribution in [0.25, 0.3) is 0 Å². The molecule has 0 spiro atoms. The van der Waals surface area contributed by atoms with Gasteiger partial charge < -0.3 is 4.90 Å². The molecule has 0 amide bonds. The van der Waals surface area contributed by atoms with E-state index in [0.717, 1.165) is 12.0 Å². The molecule has 2 unspecified atom stereocenters. The molecule has 1 heterocycles. The molecule has 1 saturated heterocycles. The zero-order valence-corrected chi connectivity index (χ0v) is 10.4. The van der Waals surface area contributed by atoms with Crippen LogP contribution in [0.1, 0.15) is 39.0 Å². The van der Waals surface area contributed by atoms with E-state index in [9.17, 15) is 0 Å². The molecule has 2 rings (SSSR count). The fourth-order valence-corrected chi connectivity index (χ4v) is 3.17. The van der Waals surface area contributed by atoms with Crippen LogP contribution < -0.4 is 0 Å². The zero-order valence-electron chi connectivity index (χ0n) is 10.4. The summed E-state index contributed by atoms with van der Waals surface area (Å²) in [4.78, 5) is 5.24. The van der Waals surface area contributed by atoms with Crippen LogP contribution in [0.2, 0.25) is 0 Å². The Morgan fingerprint density at radius 2 is 1.80 bits per heavy atom. The van der Waals surface area contributed by atoms with Crippen molar-refractivity contribution in [2.75, 3.05) is 33.2 Å². The van der Waals surface area contributed by atoms with Crippen LogP contribution >= 0.6 is 0 Å². The summed E-state index contributed by atoms with van der Waals surface area (Å²) in [7, 11) is 2.26. The standard InChI is InChI=1S/C13H26N2/c1-12-5-3-6-13(11-12)15-8-4-7-14(2)9-10-15/h12-13H,3-11H2,1-2H3. The summed E-state index contributed by atoms with van der Waals surface area (Å²) in [5.41, 5.74) is 0. The van der Waals surface area contributed by atoms with Crippen LogP contribution in [0, 0.1) is 5.92 Å². The van der Waals surface area contributed by atoms with E-state index in [-0.39, 0.29) is 0 Å². The first-order chi connectivity index (χ1) is 7.25. The molecule has 2 aliphatic rings. The van der Waals surface area contributed by atoms with Gasteiger partial charge in [0, 0.05) is 19.1 Å². The Bertz CT molecular complexity index is 193. The molecule has 2 heteroatoms. The lowest BCUT2D eigenvalue weighted by molar-refractivity contribution is 0.139. The van der Waals surface area contributed by atoms with Gasteiger partial charge in [0.2, 0.25) is 0 Å². The number of nitrogens with zero attached hydrogens (tertiary/aromatic N) is 2. The van der Waals surface area contributed by atoms with Crippen molar-refractivity contribution in [3.63, 3.8) is 0 Å². The first-order valence-corrected chi connectivity index (χ1v) is 6.68. The predicted octanol–water partition coefficient (Wildman–Crippen LogP) is 2.20. The minimum atomic E-state index is 0.903. The number of rotatable bonds is 1. The zero-order chi connectivity index (χ0) is 10.7. The van der Waals surface area contributed by atoms with E-state index in [0.29, 0.717) is 0 Å². The molecule has 88 valence electrons. The van der Waals surface area contributed by atoms with Crippen molar-refractivity contribution >= 4 is 0 Å². The van der Waals surface area contributed by atoms with E-state index < -0.39 is 0 Å². The summed E-state index contributed by atoms with van der Waals surface area (Å²) < 4.78 is 0. The van der Waals surface area contributed by atoms with Crippen molar-refractivity contribution in [1.82, 2.24) is 9.80 Å². The lowest BCUT2D eigenvalue weighted by atomic mass is 9.86. The van der Waals surface area contributed by atoms with Gasteiger partial charge in [0.05, 0.1) is 0 Å². The van der Waals surface area contributed by atoms with Crippen LogP contribution in [0.4, 0.5) is 0 Å². The Balaban J connectivity index is 1.85. The molecule has 0 aromatic heterocycles. The molecular formula is C13H26N2. The molecule has 1 aliphatic carbocycles. The van der Waals surface area contributed by atoms with Gasteiger partial charge >= 0.3 is 0 Å². The molecular weight excluding hydrogens is 184 g/mol. The van der Waals surface area contributed by atoms with Gasteiger partial charge in [-0.3, -0.25) is 4.90 Å². The molecule has 2 nitrogen and oxygen atoms in total. The topological polar surface area (TPSA) is 6.48 Å². The van der Waals surface area contributed by atoms with Crippen LogP contribution in [0.3, 0.4) is 0 Å². The number of hydrogen-bond donors (Lipinski definition) is 0. The Hall–Kier alpha value is -0.0800. The van der Waals surface area contributed by atoms with E-state index in [1.807, 2.05) is 0 Å². The van der Waals surface area contributed by atoms with Gasteiger partial charge in [-0.15, -0.1) is 0 Å². The van der Waals surface area contributed by atoms with Gasteiger partial charge in [-0.05, 0) is 45.3 Å². The van der Waals surface area contributed by atoms with Crippen molar-refractivity contribution in [3.05, 3.63) is 0 Å². The second-order valence-electron chi connectivity index (χ2n) is 5.62. The summed E-state index contributed by atoms with van der Waals surface area (Å²) in [6.07, 6.45) is 7.18. The average molecular weight is 210 g/mol. The van der Waals surface area contributed by atoms with E-state index in [4.69, 9.17) is 0 Å². The summed E-state index contributed by atoms with van der Waals surface area (Å²) in [5.74, 6) is 0.963. The van der Waals surface area contributed by atoms with Crippen molar-refractivity contribution in [2.24, 2.45) is 5.92 Å². The van der Waals surface area contributed by atoms with Gasteiger partial charge in [-0.2, -0.15) is 0 Å². The molecule has 0 aromatic rings. The van der Waals surface area contributed by atoms with E-state index in [1.165, 1.54) is 58.3 Å². The minimum absolute atomic E-state index is 0.903. The highest BCUT2D eigenvalue weighted by Gasteiger charge is 2.25. The summed E-state index contributed by atoms with van der Waals surface area (Å²) in [6.45, 7) is 7.62. The first kappa shape index (κ1) is 11.4. The number of likely N-dealkylation sites (N-methyl/N-ethyl adjacent to an activating group) is 1. The number of hydrogen-bond acceptors (Lipinski definition) is 2. The molecule has 0 bridgehead atoms. The molecule has 1 saturated carbocycles. The van der Waals surface area contributed by atoms with Gasteiger partial charge in [-0.25, -0.2) is 0 Å². The van der Waals surface area contributed by atoms with E-state index >= 15 is 0 Å². The van der Waals surface area contributed by atoms with Gasteiger partial charge in [0.25, 0.3) is 0 Å². The maximum Gasteiger partial charge on any atom is 0.0112 e. The molecule has 0 N–H and O–H groups in total. The largest absolute Gasteiger partial charge is 0.305 e. The van der Waals surface area contributed by atoms with Gasteiger partial charge in [0.1, 0.15) is 0 Å². The predicted molar refractivity (Wildman–Crippen MR) is 65.1 cm³/mol. The Labute approximate surface area is 94.6 Å². The molecule has 0 radical (unpaired) electrons. The maximum absolute atomic E-state index is 2.76. The van der Waals surface area contributed by atoms with Gasteiger partial charge in [0.15, 0.2) is 0 Å². The second-order valence-corrected chi connectivity index (χ2v) is 5.62. The molecule has 2 fully saturated rings. The van der Waals surface area contributed by atoms with E-state index in [2.05, 4.69) is 23.8 Å². The highest BCUT2D eigenvalue weighted by atomic mass is 15.2. The Kier molecular flexibility index (Phi) is 4.04. The van der Waals surface area contributed by atoms with E-state index in [1.54, 1.807) is 0 Å². The lowest BCUT2D eigenvalue weighted by Gasteiger charge is -2.36. The van der Waals surface area contributed by atoms with Crippen LogP contribution in [-0.2, 0) is 0 Å². The molecule has 0 aromatic carbocycles.